The number of rotatable bonds is 4. The van der Waals surface area contributed by atoms with Crippen LogP contribution < -0.4 is 5.73 Å². The first-order chi connectivity index (χ1) is 10.2. The van der Waals surface area contributed by atoms with Crippen molar-refractivity contribution in [2.24, 2.45) is 0 Å². The zero-order valence-corrected chi connectivity index (χ0v) is 11.6. The lowest BCUT2D eigenvalue weighted by molar-refractivity contribution is 0.475. The summed E-state index contributed by atoms with van der Waals surface area (Å²) < 4.78 is 1.59. The van der Waals surface area contributed by atoms with Gasteiger partial charge in [-0.1, -0.05) is 11.8 Å². The Bertz CT molecular complexity index is 726. The van der Waals surface area contributed by atoms with E-state index in [1.807, 2.05) is 0 Å². The highest BCUT2D eigenvalue weighted by molar-refractivity contribution is 7.98. The highest BCUT2D eigenvalue weighted by Crippen LogP contribution is 2.22. The minimum Gasteiger partial charge on any atom is -0.508 e. The van der Waals surface area contributed by atoms with Crippen LogP contribution in [-0.4, -0.2) is 35.3 Å². The molecule has 0 aliphatic rings. The summed E-state index contributed by atoms with van der Waals surface area (Å²) >= 11 is 1.43. The van der Waals surface area contributed by atoms with E-state index in [0.29, 0.717) is 16.7 Å². The molecule has 0 saturated carbocycles. The molecule has 0 unspecified atom stereocenters. The van der Waals surface area contributed by atoms with E-state index in [0.717, 1.165) is 11.4 Å². The minimum atomic E-state index is 0.193. The molecule has 1 aromatic carbocycles. The van der Waals surface area contributed by atoms with E-state index in [-0.39, 0.29) is 5.75 Å². The number of nitrogens with two attached hydrogens (primary N) is 1. The Kier molecular flexibility index (Phi) is 3.65. The fraction of sp³-hybridized carbons (Fsp3) is 0.0833. The summed E-state index contributed by atoms with van der Waals surface area (Å²) in [5.41, 5.74) is 7.05. The lowest BCUT2D eigenvalue weighted by Gasteiger charge is -2.04. The normalized spacial score (nSPS) is 10.7. The van der Waals surface area contributed by atoms with Crippen molar-refractivity contribution in [3.05, 3.63) is 42.4 Å². The first-order valence-electron chi connectivity index (χ1n) is 5.99. The topological polar surface area (TPSA) is 116 Å². The number of anilines is 1. The number of thioether (sulfide) groups is 1. The van der Waals surface area contributed by atoms with Gasteiger partial charge in [0.05, 0.1) is 23.8 Å². The molecule has 0 aliphatic heterocycles. The van der Waals surface area contributed by atoms with Crippen molar-refractivity contribution in [2.45, 2.75) is 10.9 Å². The number of phenols is 1. The standard InChI is InChI=1S/C12H11N7OS/c13-11-6-14-8(5-15-11)7-21-12-16-17-18-19(12)9-1-3-10(20)4-2-9/h1-6,20H,7H2,(H2,13,15). The Labute approximate surface area is 124 Å². The summed E-state index contributed by atoms with van der Waals surface area (Å²) in [5.74, 6) is 1.15. The Morgan fingerprint density at radius 1 is 1.14 bits per heavy atom. The van der Waals surface area contributed by atoms with Gasteiger partial charge in [0.15, 0.2) is 0 Å². The lowest BCUT2D eigenvalue weighted by atomic mass is 10.3. The maximum atomic E-state index is 9.31. The molecule has 0 aliphatic carbocycles. The Balaban J connectivity index is 1.76. The first-order valence-corrected chi connectivity index (χ1v) is 6.98. The van der Waals surface area contributed by atoms with Crippen LogP contribution in [0.1, 0.15) is 5.69 Å². The molecule has 21 heavy (non-hydrogen) atoms. The molecule has 0 spiro atoms. The van der Waals surface area contributed by atoms with Gasteiger partial charge in [0, 0.05) is 5.75 Å². The summed E-state index contributed by atoms with van der Waals surface area (Å²) in [6, 6.07) is 6.63. The zero-order chi connectivity index (χ0) is 14.7. The molecule has 0 bridgehead atoms. The van der Waals surface area contributed by atoms with Crippen molar-refractivity contribution in [2.75, 3.05) is 5.73 Å². The molecule has 2 aromatic heterocycles. The molecular weight excluding hydrogens is 290 g/mol. The second-order valence-corrected chi connectivity index (χ2v) is 5.05. The van der Waals surface area contributed by atoms with Crippen LogP contribution in [0.15, 0.2) is 41.8 Å². The van der Waals surface area contributed by atoms with Crippen LogP contribution in [0.25, 0.3) is 5.69 Å². The van der Waals surface area contributed by atoms with Crippen molar-refractivity contribution in [1.29, 1.82) is 0 Å². The molecule has 3 N–H and O–H groups in total. The molecule has 0 saturated heterocycles. The number of benzene rings is 1. The molecule has 0 fully saturated rings. The molecule has 9 heteroatoms. The fourth-order valence-electron chi connectivity index (χ4n) is 1.60. The second kappa shape index (κ2) is 5.75. The van der Waals surface area contributed by atoms with E-state index in [1.54, 1.807) is 35.1 Å². The van der Waals surface area contributed by atoms with Gasteiger partial charge in [0.25, 0.3) is 0 Å². The average molecular weight is 301 g/mol. The maximum absolute atomic E-state index is 9.31. The molecular formula is C12H11N7OS. The molecule has 2 heterocycles. The van der Waals surface area contributed by atoms with Crippen LogP contribution in [0.5, 0.6) is 5.75 Å². The Morgan fingerprint density at radius 3 is 2.67 bits per heavy atom. The van der Waals surface area contributed by atoms with E-state index in [1.165, 1.54) is 18.0 Å². The fourth-order valence-corrected chi connectivity index (χ4v) is 2.39. The third kappa shape index (κ3) is 3.08. The lowest BCUT2D eigenvalue weighted by Crippen LogP contribution is -1.99. The van der Waals surface area contributed by atoms with Crippen molar-refractivity contribution in [1.82, 2.24) is 30.2 Å². The van der Waals surface area contributed by atoms with Gasteiger partial charge < -0.3 is 10.8 Å². The van der Waals surface area contributed by atoms with Crippen LogP contribution >= 0.6 is 11.8 Å². The number of aromatic nitrogens is 6. The maximum Gasteiger partial charge on any atom is 0.214 e. The predicted molar refractivity (Wildman–Crippen MR) is 76.8 cm³/mol. The van der Waals surface area contributed by atoms with E-state index in [9.17, 15) is 5.11 Å². The SMILES string of the molecule is Nc1cnc(CSc2nnnn2-c2ccc(O)cc2)cn1. The van der Waals surface area contributed by atoms with Gasteiger partial charge in [-0.3, -0.25) is 4.98 Å². The van der Waals surface area contributed by atoms with E-state index in [2.05, 4.69) is 25.5 Å². The number of nitrogens with zero attached hydrogens (tertiary/aromatic N) is 6. The number of nitrogen functional groups attached to an aromatic ring is 1. The van der Waals surface area contributed by atoms with Crippen molar-refractivity contribution >= 4 is 17.6 Å². The van der Waals surface area contributed by atoms with Crippen LogP contribution in [0.2, 0.25) is 0 Å². The molecule has 0 amide bonds. The number of hydrogen-bond acceptors (Lipinski definition) is 8. The molecule has 3 aromatic rings. The number of aromatic hydroxyl groups is 1. The minimum absolute atomic E-state index is 0.193. The quantitative estimate of drug-likeness (QED) is 0.686. The predicted octanol–water partition coefficient (Wildman–Crippen LogP) is 1.03. The van der Waals surface area contributed by atoms with E-state index < -0.39 is 0 Å². The smallest absolute Gasteiger partial charge is 0.214 e. The van der Waals surface area contributed by atoms with Gasteiger partial charge in [-0.2, -0.15) is 4.68 Å². The van der Waals surface area contributed by atoms with Gasteiger partial charge in [-0.15, -0.1) is 5.10 Å². The van der Waals surface area contributed by atoms with Crippen LogP contribution in [0.3, 0.4) is 0 Å². The van der Waals surface area contributed by atoms with Gasteiger partial charge in [0.2, 0.25) is 5.16 Å². The van der Waals surface area contributed by atoms with Crippen molar-refractivity contribution < 1.29 is 5.11 Å². The van der Waals surface area contributed by atoms with Gasteiger partial charge in [-0.25, -0.2) is 4.98 Å². The zero-order valence-electron chi connectivity index (χ0n) is 10.8. The van der Waals surface area contributed by atoms with Crippen LogP contribution in [0, 0.1) is 0 Å². The Morgan fingerprint density at radius 2 is 1.95 bits per heavy atom. The monoisotopic (exact) mass is 301 g/mol. The van der Waals surface area contributed by atoms with E-state index in [4.69, 9.17) is 5.73 Å². The molecule has 0 radical (unpaired) electrons. The molecule has 0 atom stereocenters. The summed E-state index contributed by atoms with van der Waals surface area (Å²) in [7, 11) is 0. The van der Waals surface area contributed by atoms with Gasteiger partial charge in [-0.05, 0) is 34.7 Å². The molecule has 3 rings (SSSR count). The van der Waals surface area contributed by atoms with E-state index >= 15 is 0 Å². The number of hydrogen-bond donors (Lipinski definition) is 2. The molecule has 8 nitrogen and oxygen atoms in total. The highest BCUT2D eigenvalue weighted by Gasteiger charge is 2.09. The number of phenolic OH excluding ortho intramolecular Hbond substituents is 1. The average Bonchev–Trinajstić information content (AvgIpc) is 2.96. The third-order valence-corrected chi connectivity index (χ3v) is 3.56. The second-order valence-electron chi connectivity index (χ2n) is 4.11. The highest BCUT2D eigenvalue weighted by atomic mass is 32.2. The van der Waals surface area contributed by atoms with Crippen molar-refractivity contribution in [3.63, 3.8) is 0 Å². The largest absolute Gasteiger partial charge is 0.508 e. The Hall–Kier alpha value is -2.68. The number of tetrazole rings is 1. The third-order valence-electron chi connectivity index (χ3n) is 2.61. The van der Waals surface area contributed by atoms with Gasteiger partial charge in [0.1, 0.15) is 11.6 Å². The van der Waals surface area contributed by atoms with Crippen molar-refractivity contribution in [3.8, 4) is 11.4 Å². The summed E-state index contributed by atoms with van der Waals surface area (Å²) in [5, 5.41) is 21.5. The van der Waals surface area contributed by atoms with Crippen LogP contribution in [-0.2, 0) is 5.75 Å². The van der Waals surface area contributed by atoms with Crippen LogP contribution in [0.4, 0.5) is 5.82 Å². The van der Waals surface area contributed by atoms with Gasteiger partial charge >= 0.3 is 0 Å². The summed E-state index contributed by atoms with van der Waals surface area (Å²) in [4.78, 5) is 8.16. The molecule has 106 valence electrons. The summed E-state index contributed by atoms with van der Waals surface area (Å²) in [6.07, 6.45) is 3.13. The summed E-state index contributed by atoms with van der Waals surface area (Å²) in [6.45, 7) is 0. The first kappa shape index (κ1) is 13.3.